The highest BCUT2D eigenvalue weighted by molar-refractivity contribution is 5.98. The molecule has 0 radical (unpaired) electrons. The van der Waals surface area contributed by atoms with Crippen LogP contribution in [-0.2, 0) is 17.9 Å². The second-order valence-corrected chi connectivity index (χ2v) is 5.85. The van der Waals surface area contributed by atoms with Crippen LogP contribution in [0.25, 0.3) is 11.0 Å². The summed E-state index contributed by atoms with van der Waals surface area (Å²) in [5.41, 5.74) is 2.49. The van der Waals surface area contributed by atoms with Crippen molar-refractivity contribution in [2.24, 2.45) is 0 Å². The maximum Gasteiger partial charge on any atom is 0.290 e. The van der Waals surface area contributed by atoms with Crippen molar-refractivity contribution in [3.63, 3.8) is 0 Å². The summed E-state index contributed by atoms with van der Waals surface area (Å²) < 4.78 is 16.2. The lowest BCUT2D eigenvalue weighted by Crippen LogP contribution is -2.26. The summed E-state index contributed by atoms with van der Waals surface area (Å²) >= 11 is 0. The second kappa shape index (κ2) is 7.40. The van der Waals surface area contributed by atoms with Gasteiger partial charge < -0.3 is 18.8 Å². The fourth-order valence-corrected chi connectivity index (χ4v) is 2.81. The molecule has 5 heteroatoms. The first kappa shape index (κ1) is 17.0. The maximum atomic E-state index is 12.9. The first-order valence-corrected chi connectivity index (χ1v) is 8.01. The fraction of sp³-hybridized carbons (Fsp3) is 0.250. The van der Waals surface area contributed by atoms with Gasteiger partial charge in [0, 0.05) is 31.7 Å². The number of nitrogens with zero attached hydrogens (tertiary/aromatic N) is 1. The van der Waals surface area contributed by atoms with E-state index in [-0.39, 0.29) is 5.91 Å². The third-order valence-corrected chi connectivity index (χ3v) is 4.11. The molecule has 0 spiro atoms. The zero-order valence-electron chi connectivity index (χ0n) is 14.6. The van der Waals surface area contributed by atoms with E-state index in [1.165, 1.54) is 0 Å². The van der Waals surface area contributed by atoms with Gasteiger partial charge in [0.05, 0.1) is 13.7 Å². The molecule has 0 saturated heterocycles. The molecule has 0 aliphatic heterocycles. The van der Waals surface area contributed by atoms with Crippen LogP contribution >= 0.6 is 0 Å². The lowest BCUT2D eigenvalue weighted by atomic mass is 10.1. The Morgan fingerprint density at radius 2 is 1.80 bits per heavy atom. The van der Waals surface area contributed by atoms with Gasteiger partial charge in [-0.15, -0.1) is 0 Å². The molecule has 0 aliphatic rings. The summed E-state index contributed by atoms with van der Waals surface area (Å²) in [7, 11) is 5.00. The monoisotopic (exact) mass is 339 g/mol. The highest BCUT2D eigenvalue weighted by Crippen LogP contribution is 2.27. The number of fused-ring (bicyclic) bond motifs is 1. The van der Waals surface area contributed by atoms with Crippen LogP contribution in [0.3, 0.4) is 0 Å². The Morgan fingerprint density at radius 3 is 2.48 bits per heavy atom. The molecular formula is C20H21NO4. The van der Waals surface area contributed by atoms with E-state index in [1.54, 1.807) is 26.2 Å². The molecule has 25 heavy (non-hydrogen) atoms. The number of carbonyl (C=O) groups excluding carboxylic acids is 1. The number of para-hydroxylation sites is 1. The number of rotatable bonds is 6. The largest absolute Gasteiger partial charge is 0.497 e. The second-order valence-electron chi connectivity index (χ2n) is 5.85. The van der Waals surface area contributed by atoms with Crippen LogP contribution in [0.2, 0.25) is 0 Å². The van der Waals surface area contributed by atoms with E-state index in [0.29, 0.717) is 24.5 Å². The zero-order valence-corrected chi connectivity index (χ0v) is 14.6. The van der Waals surface area contributed by atoms with Gasteiger partial charge in [0.25, 0.3) is 5.91 Å². The third-order valence-electron chi connectivity index (χ3n) is 4.11. The van der Waals surface area contributed by atoms with Crippen molar-refractivity contribution in [3.8, 4) is 5.75 Å². The van der Waals surface area contributed by atoms with Gasteiger partial charge in [-0.05, 0) is 23.8 Å². The van der Waals surface area contributed by atoms with E-state index in [9.17, 15) is 4.79 Å². The van der Waals surface area contributed by atoms with Crippen molar-refractivity contribution in [1.29, 1.82) is 0 Å². The van der Waals surface area contributed by atoms with Gasteiger partial charge in [-0.1, -0.05) is 30.3 Å². The van der Waals surface area contributed by atoms with Crippen LogP contribution in [0.5, 0.6) is 5.75 Å². The lowest BCUT2D eigenvalue weighted by molar-refractivity contribution is 0.0749. The van der Waals surface area contributed by atoms with E-state index in [2.05, 4.69) is 0 Å². The Labute approximate surface area is 146 Å². The van der Waals surface area contributed by atoms with Crippen molar-refractivity contribution in [2.75, 3.05) is 21.3 Å². The van der Waals surface area contributed by atoms with Gasteiger partial charge in [0.2, 0.25) is 0 Å². The molecule has 3 rings (SSSR count). The maximum absolute atomic E-state index is 12.9. The van der Waals surface area contributed by atoms with Crippen molar-refractivity contribution < 1.29 is 18.7 Å². The number of ether oxygens (including phenoxy) is 2. The van der Waals surface area contributed by atoms with Gasteiger partial charge in [-0.25, -0.2) is 0 Å². The van der Waals surface area contributed by atoms with Gasteiger partial charge in [0.15, 0.2) is 5.76 Å². The number of hydrogen-bond acceptors (Lipinski definition) is 4. The van der Waals surface area contributed by atoms with Crippen LogP contribution < -0.4 is 4.74 Å². The molecule has 0 fully saturated rings. The first-order valence-electron chi connectivity index (χ1n) is 8.01. The van der Waals surface area contributed by atoms with Crippen LogP contribution in [0.1, 0.15) is 21.7 Å². The minimum absolute atomic E-state index is 0.168. The van der Waals surface area contributed by atoms with Crippen LogP contribution in [0, 0.1) is 0 Å². The summed E-state index contributed by atoms with van der Waals surface area (Å²) in [5.74, 6) is 0.954. The molecule has 1 amide bonds. The number of furan rings is 1. The van der Waals surface area contributed by atoms with E-state index in [0.717, 1.165) is 22.3 Å². The van der Waals surface area contributed by atoms with Gasteiger partial charge in [-0.3, -0.25) is 4.79 Å². The Hall–Kier alpha value is -2.79. The average molecular weight is 339 g/mol. The molecule has 0 aliphatic carbocycles. The molecule has 0 bridgehead atoms. The third kappa shape index (κ3) is 3.51. The number of amides is 1. The summed E-state index contributed by atoms with van der Waals surface area (Å²) in [5, 5.41) is 0.908. The molecule has 0 N–H and O–H groups in total. The van der Waals surface area contributed by atoms with Crippen molar-refractivity contribution in [2.45, 2.75) is 13.2 Å². The first-order chi connectivity index (χ1) is 12.1. The van der Waals surface area contributed by atoms with Gasteiger partial charge in [0.1, 0.15) is 11.3 Å². The number of hydrogen-bond donors (Lipinski definition) is 0. The van der Waals surface area contributed by atoms with Crippen molar-refractivity contribution >= 4 is 16.9 Å². The van der Waals surface area contributed by atoms with Crippen molar-refractivity contribution in [3.05, 3.63) is 65.4 Å². The van der Waals surface area contributed by atoms with E-state index in [4.69, 9.17) is 13.9 Å². The van der Waals surface area contributed by atoms with E-state index >= 15 is 0 Å². The topological polar surface area (TPSA) is 51.9 Å². The Morgan fingerprint density at radius 1 is 1.08 bits per heavy atom. The molecule has 1 heterocycles. The molecular weight excluding hydrogens is 318 g/mol. The highest BCUT2D eigenvalue weighted by atomic mass is 16.5. The summed E-state index contributed by atoms with van der Waals surface area (Å²) in [6, 6.07) is 15.2. The predicted octanol–water partition coefficient (Wildman–Crippen LogP) is 3.86. The molecule has 3 aromatic rings. The molecule has 0 unspecified atom stereocenters. The van der Waals surface area contributed by atoms with Gasteiger partial charge >= 0.3 is 0 Å². The summed E-state index contributed by atoms with van der Waals surface area (Å²) in [4.78, 5) is 14.5. The highest BCUT2D eigenvalue weighted by Gasteiger charge is 2.23. The molecule has 0 atom stereocenters. The fourth-order valence-electron chi connectivity index (χ4n) is 2.81. The number of benzene rings is 2. The zero-order chi connectivity index (χ0) is 17.8. The number of methoxy groups -OCH3 is 2. The van der Waals surface area contributed by atoms with Crippen LogP contribution in [0.15, 0.2) is 52.9 Å². The Bertz CT molecular complexity index is 867. The number of carbonyl (C=O) groups is 1. The predicted molar refractivity (Wildman–Crippen MR) is 95.7 cm³/mol. The van der Waals surface area contributed by atoms with Crippen molar-refractivity contribution in [1.82, 2.24) is 4.90 Å². The van der Waals surface area contributed by atoms with E-state index in [1.807, 2.05) is 48.5 Å². The standard InChI is InChI=1S/C20H21NO4/c1-21(12-14-8-10-15(24-3)11-9-14)20(22)19-17(13-23-2)16-6-4-5-7-18(16)25-19/h4-11H,12-13H2,1-3H3. The average Bonchev–Trinajstić information content (AvgIpc) is 3.01. The molecule has 1 aromatic heterocycles. The SMILES string of the molecule is COCc1c(C(=O)N(C)Cc2ccc(OC)cc2)oc2ccccc12. The quantitative estimate of drug-likeness (QED) is 0.684. The smallest absolute Gasteiger partial charge is 0.290 e. The molecule has 130 valence electrons. The summed E-state index contributed by atoms with van der Waals surface area (Å²) in [6.07, 6.45) is 0. The molecule has 5 nitrogen and oxygen atoms in total. The molecule has 2 aromatic carbocycles. The normalized spacial score (nSPS) is 10.8. The van der Waals surface area contributed by atoms with Crippen LogP contribution in [0.4, 0.5) is 0 Å². The van der Waals surface area contributed by atoms with E-state index < -0.39 is 0 Å². The lowest BCUT2D eigenvalue weighted by Gasteiger charge is -2.17. The van der Waals surface area contributed by atoms with Gasteiger partial charge in [-0.2, -0.15) is 0 Å². The minimum Gasteiger partial charge on any atom is -0.497 e. The van der Waals surface area contributed by atoms with Crippen LogP contribution in [-0.4, -0.2) is 32.1 Å². The Kier molecular flexibility index (Phi) is 5.05. The minimum atomic E-state index is -0.168. The summed E-state index contributed by atoms with van der Waals surface area (Å²) in [6.45, 7) is 0.806. The Balaban J connectivity index is 1.86. The molecule has 0 saturated carbocycles.